The fraction of sp³-hybridized carbons (Fsp3) is 0.654. The molecule has 8 unspecified atom stereocenters. The van der Waals surface area contributed by atoms with Gasteiger partial charge in [-0.3, -0.25) is 4.98 Å². The normalized spacial score (nSPS) is 49.2. The van der Waals surface area contributed by atoms with E-state index < -0.39 is 29.1 Å². The molecule has 8 atom stereocenters. The first kappa shape index (κ1) is 21.0. The van der Waals surface area contributed by atoms with Crippen molar-refractivity contribution in [3.05, 3.63) is 47.8 Å². The molecule has 0 amide bonds. The molecule has 2 spiro atoms. The van der Waals surface area contributed by atoms with E-state index in [1.54, 1.807) is 0 Å². The molecule has 0 radical (unpaired) electrons. The molecule has 2 aliphatic heterocycles. The number of pyridine rings is 1. The molecule has 6 heteroatoms. The Balaban J connectivity index is 1.43. The molecule has 1 aromatic heterocycles. The van der Waals surface area contributed by atoms with Crippen LogP contribution in [0.25, 0.3) is 5.57 Å². The van der Waals surface area contributed by atoms with E-state index in [9.17, 15) is 10.2 Å². The topological polar surface area (TPSA) is 65.8 Å². The summed E-state index contributed by atoms with van der Waals surface area (Å²) in [6, 6.07) is 3.81. The van der Waals surface area contributed by atoms with E-state index in [2.05, 4.69) is 36.2 Å². The molecular weight excluding hydrogens is 407 g/mol. The van der Waals surface area contributed by atoms with Crippen molar-refractivity contribution < 1.29 is 19.3 Å². The second-order valence-electron chi connectivity index (χ2n) is 11.2. The molecule has 32 heavy (non-hydrogen) atoms. The SMILES string of the molecule is CN(C)C1CC23CCC4(O2)C(=CCC2(C)C(c5ccncc5)=CCC24)CC3(F)C(O)C1O. The minimum atomic E-state index is -1.96. The number of aliphatic hydroxyl groups excluding tert-OH is 2. The number of halogens is 1. The number of rotatable bonds is 2. The van der Waals surface area contributed by atoms with Gasteiger partial charge in [0, 0.05) is 36.2 Å². The van der Waals surface area contributed by atoms with Gasteiger partial charge in [0.2, 0.25) is 0 Å². The van der Waals surface area contributed by atoms with Gasteiger partial charge in [-0.1, -0.05) is 19.1 Å². The molecule has 1 saturated carbocycles. The van der Waals surface area contributed by atoms with Crippen molar-refractivity contribution in [1.29, 1.82) is 0 Å². The summed E-state index contributed by atoms with van der Waals surface area (Å²) in [4.78, 5) is 6.07. The molecular formula is C26H33FN2O3. The summed E-state index contributed by atoms with van der Waals surface area (Å²) in [5.74, 6) is 0.240. The largest absolute Gasteiger partial charge is 0.389 e. The Kier molecular flexibility index (Phi) is 4.26. The van der Waals surface area contributed by atoms with E-state index in [0.29, 0.717) is 12.8 Å². The fourth-order valence-electron chi connectivity index (χ4n) is 7.96. The lowest BCUT2D eigenvalue weighted by Gasteiger charge is -2.61. The summed E-state index contributed by atoms with van der Waals surface area (Å²) in [7, 11) is 3.75. The highest BCUT2D eigenvalue weighted by molar-refractivity contribution is 5.74. The second-order valence-corrected chi connectivity index (χ2v) is 11.2. The van der Waals surface area contributed by atoms with Crippen LogP contribution in [0.4, 0.5) is 4.39 Å². The summed E-state index contributed by atoms with van der Waals surface area (Å²) in [6.45, 7) is 2.33. The van der Waals surface area contributed by atoms with E-state index in [4.69, 9.17) is 4.74 Å². The number of aliphatic hydroxyl groups is 2. The first-order valence-corrected chi connectivity index (χ1v) is 11.9. The zero-order valence-electron chi connectivity index (χ0n) is 19.1. The summed E-state index contributed by atoms with van der Waals surface area (Å²) in [5, 5.41) is 21.8. The zero-order valence-corrected chi connectivity index (χ0v) is 19.1. The third-order valence-corrected chi connectivity index (χ3v) is 9.68. The van der Waals surface area contributed by atoms with Crippen LogP contribution in [0.2, 0.25) is 0 Å². The first-order chi connectivity index (χ1) is 15.2. The predicted molar refractivity (Wildman–Crippen MR) is 119 cm³/mol. The zero-order chi connectivity index (χ0) is 22.5. The lowest BCUT2D eigenvalue weighted by molar-refractivity contribution is -0.282. The molecule has 0 aromatic carbocycles. The van der Waals surface area contributed by atoms with Crippen molar-refractivity contribution in [3.8, 4) is 0 Å². The van der Waals surface area contributed by atoms with Crippen LogP contribution in [0.15, 0.2) is 42.3 Å². The Hall–Kier alpha value is -1.60. The summed E-state index contributed by atoms with van der Waals surface area (Å²) in [6.07, 6.45) is 9.26. The number of hydrogen-bond donors (Lipinski definition) is 2. The van der Waals surface area contributed by atoms with Crippen LogP contribution in [0, 0.1) is 11.3 Å². The van der Waals surface area contributed by atoms with Crippen LogP contribution in [0.1, 0.15) is 51.0 Å². The van der Waals surface area contributed by atoms with Gasteiger partial charge < -0.3 is 19.8 Å². The summed E-state index contributed by atoms with van der Waals surface area (Å²) in [5.41, 5.74) is -0.0668. The minimum Gasteiger partial charge on any atom is -0.389 e. The molecule has 5 aliphatic rings. The van der Waals surface area contributed by atoms with Gasteiger partial charge in [-0.25, -0.2) is 4.39 Å². The number of allylic oxidation sites excluding steroid dienone is 3. The van der Waals surface area contributed by atoms with Crippen LogP contribution in [-0.4, -0.2) is 69.3 Å². The van der Waals surface area contributed by atoms with E-state index >= 15 is 4.39 Å². The quantitative estimate of drug-likeness (QED) is 0.691. The van der Waals surface area contributed by atoms with Gasteiger partial charge in [0.25, 0.3) is 0 Å². The van der Waals surface area contributed by atoms with Crippen molar-refractivity contribution in [2.45, 2.75) is 80.6 Å². The molecule has 5 nitrogen and oxygen atoms in total. The highest BCUT2D eigenvalue weighted by atomic mass is 19.1. The molecule has 1 aromatic rings. The maximum atomic E-state index is 16.7. The highest BCUT2D eigenvalue weighted by Gasteiger charge is 2.76. The molecule has 6 rings (SSSR count). The Bertz CT molecular complexity index is 1010. The van der Waals surface area contributed by atoms with Crippen molar-refractivity contribution >= 4 is 5.57 Å². The monoisotopic (exact) mass is 440 g/mol. The predicted octanol–water partition coefficient (Wildman–Crippen LogP) is 3.28. The number of fused-ring (bicyclic) bond motifs is 1. The van der Waals surface area contributed by atoms with Crippen LogP contribution in [0.5, 0.6) is 0 Å². The van der Waals surface area contributed by atoms with Crippen molar-refractivity contribution in [1.82, 2.24) is 9.88 Å². The molecule has 172 valence electrons. The highest BCUT2D eigenvalue weighted by Crippen LogP contribution is 2.70. The maximum absolute atomic E-state index is 16.7. The lowest BCUT2D eigenvalue weighted by atomic mass is 9.56. The summed E-state index contributed by atoms with van der Waals surface area (Å²) < 4.78 is 23.7. The van der Waals surface area contributed by atoms with E-state index in [1.165, 1.54) is 11.1 Å². The Morgan fingerprint density at radius 2 is 1.91 bits per heavy atom. The fourth-order valence-corrected chi connectivity index (χ4v) is 7.96. The average molecular weight is 441 g/mol. The Morgan fingerprint density at radius 3 is 2.62 bits per heavy atom. The number of likely N-dealkylation sites (N-methyl/N-ethyl adjacent to an activating group) is 1. The number of ether oxygens (including phenoxy) is 1. The van der Waals surface area contributed by atoms with E-state index in [-0.39, 0.29) is 23.8 Å². The van der Waals surface area contributed by atoms with Crippen LogP contribution in [0.3, 0.4) is 0 Å². The van der Waals surface area contributed by atoms with Gasteiger partial charge in [0.1, 0.15) is 11.7 Å². The maximum Gasteiger partial charge on any atom is 0.171 e. The minimum absolute atomic E-state index is 0.0829. The van der Waals surface area contributed by atoms with Gasteiger partial charge in [-0.2, -0.15) is 0 Å². The third-order valence-electron chi connectivity index (χ3n) is 9.68. The lowest BCUT2D eigenvalue weighted by Crippen LogP contribution is -2.73. The van der Waals surface area contributed by atoms with Gasteiger partial charge >= 0.3 is 0 Å². The van der Waals surface area contributed by atoms with Gasteiger partial charge in [0.05, 0.1) is 11.7 Å². The average Bonchev–Trinajstić information content (AvgIpc) is 3.31. The number of nitrogens with zero attached hydrogens (tertiary/aromatic N) is 2. The van der Waals surface area contributed by atoms with Crippen LogP contribution >= 0.6 is 0 Å². The van der Waals surface area contributed by atoms with E-state index in [1.807, 2.05) is 31.4 Å². The van der Waals surface area contributed by atoms with Crippen LogP contribution < -0.4 is 0 Å². The molecule has 3 fully saturated rings. The molecule has 2 bridgehead atoms. The number of alkyl halides is 1. The first-order valence-electron chi connectivity index (χ1n) is 11.9. The van der Waals surface area contributed by atoms with Crippen molar-refractivity contribution in [3.63, 3.8) is 0 Å². The van der Waals surface area contributed by atoms with Gasteiger partial charge in [-0.15, -0.1) is 0 Å². The van der Waals surface area contributed by atoms with Crippen LogP contribution in [-0.2, 0) is 4.74 Å². The van der Waals surface area contributed by atoms with Crippen molar-refractivity contribution in [2.75, 3.05) is 14.1 Å². The van der Waals surface area contributed by atoms with Gasteiger partial charge in [-0.05, 0) is 75.0 Å². The van der Waals surface area contributed by atoms with Gasteiger partial charge in [0.15, 0.2) is 5.67 Å². The Labute approximate surface area is 189 Å². The Morgan fingerprint density at radius 1 is 1.16 bits per heavy atom. The molecule has 3 heterocycles. The molecule has 2 N–H and O–H groups in total. The molecule has 3 aliphatic carbocycles. The smallest absolute Gasteiger partial charge is 0.171 e. The second kappa shape index (κ2) is 6.50. The summed E-state index contributed by atoms with van der Waals surface area (Å²) >= 11 is 0. The van der Waals surface area contributed by atoms with E-state index in [0.717, 1.165) is 24.8 Å². The standard InChI is InChI=1S/C26H33FN2O3/c1-23-9-6-17-14-26(27)22(31)21(30)19(29(2)3)15-24(26)10-11-25(17,32-24)20(23)5-4-18(23)16-7-12-28-13-8-16/h4,6-8,12-13,19-22,30-31H,5,9-11,14-15H2,1-3H3. The number of aromatic nitrogens is 1. The third kappa shape index (κ3) is 2.34. The van der Waals surface area contributed by atoms with Crippen molar-refractivity contribution in [2.24, 2.45) is 11.3 Å². The number of hydrogen-bond acceptors (Lipinski definition) is 5. The molecule has 2 saturated heterocycles.